The minimum absolute atomic E-state index is 0.0120. The molecule has 0 saturated carbocycles. The molecule has 3 aromatic carbocycles. The zero-order valence-corrected chi connectivity index (χ0v) is 22.8. The lowest BCUT2D eigenvalue weighted by atomic mass is 10.1. The average Bonchev–Trinajstić information content (AvgIpc) is 3.32. The van der Waals surface area contributed by atoms with Crippen molar-refractivity contribution in [2.24, 2.45) is 0 Å². The van der Waals surface area contributed by atoms with Gasteiger partial charge in [-0.25, -0.2) is 12.8 Å². The topological polar surface area (TPSA) is 73.5 Å². The van der Waals surface area contributed by atoms with Gasteiger partial charge in [0.05, 0.1) is 17.0 Å². The maximum absolute atomic E-state index is 13.6. The molecule has 0 fully saturated rings. The van der Waals surface area contributed by atoms with E-state index in [0.717, 1.165) is 57.2 Å². The second kappa shape index (κ2) is 11.8. The summed E-state index contributed by atoms with van der Waals surface area (Å²) in [5.74, 6) is -1.11. The number of rotatable bonds is 10. The quantitative estimate of drug-likeness (QED) is 0.236. The zero-order chi connectivity index (χ0) is 29.1. The third-order valence-electron chi connectivity index (χ3n) is 6.62. The van der Waals surface area contributed by atoms with Crippen LogP contribution in [-0.2, 0) is 34.0 Å². The molecule has 0 spiro atoms. The normalized spacial score (nSPS) is 12.4. The molecule has 11 heteroatoms. The molecule has 4 rings (SSSR count). The molecule has 0 unspecified atom stereocenters. The largest absolute Gasteiger partial charge is 0.416 e. The second-order valence-corrected chi connectivity index (χ2v) is 11.6. The second-order valence-electron chi connectivity index (χ2n) is 9.72. The minimum atomic E-state index is -4.49. The van der Waals surface area contributed by atoms with Gasteiger partial charge >= 0.3 is 6.18 Å². The van der Waals surface area contributed by atoms with Crippen molar-refractivity contribution in [2.45, 2.75) is 43.9 Å². The summed E-state index contributed by atoms with van der Waals surface area (Å²) in [5, 5.41) is 0.979. The van der Waals surface area contributed by atoms with Gasteiger partial charge in [0, 0.05) is 36.2 Å². The fourth-order valence-corrected chi connectivity index (χ4v) is 6.01. The van der Waals surface area contributed by atoms with Crippen molar-refractivity contribution in [3.05, 3.63) is 102 Å². The number of nitrogens with one attached hydrogen (secondary N) is 1. The van der Waals surface area contributed by atoms with Gasteiger partial charge in [-0.1, -0.05) is 30.3 Å². The predicted octanol–water partition coefficient (Wildman–Crippen LogP) is 6.00. The number of sulfonamides is 1. The van der Waals surface area contributed by atoms with Crippen molar-refractivity contribution in [3.63, 3.8) is 0 Å². The van der Waals surface area contributed by atoms with Crippen LogP contribution in [0.1, 0.15) is 30.5 Å². The highest BCUT2D eigenvalue weighted by Gasteiger charge is 2.32. The summed E-state index contributed by atoms with van der Waals surface area (Å²) in [6.07, 6.45) is -2.22. The number of benzene rings is 3. The summed E-state index contributed by atoms with van der Waals surface area (Å²) in [5.41, 5.74) is 1.54. The number of aromatic amines is 1. The molecule has 6 nitrogen and oxygen atoms in total. The molecule has 1 N–H and O–H groups in total. The summed E-state index contributed by atoms with van der Waals surface area (Å²) >= 11 is 0. The van der Waals surface area contributed by atoms with E-state index in [-0.39, 0.29) is 18.0 Å². The number of nitrogens with zero attached hydrogens (tertiary/aromatic N) is 2. The van der Waals surface area contributed by atoms with Crippen LogP contribution in [0.5, 0.6) is 0 Å². The Morgan fingerprint density at radius 1 is 0.950 bits per heavy atom. The number of hydrogen-bond donors (Lipinski definition) is 1. The average molecular weight is 576 g/mol. The van der Waals surface area contributed by atoms with E-state index in [1.807, 2.05) is 30.5 Å². The number of alkyl halides is 3. The molecule has 40 heavy (non-hydrogen) atoms. The fraction of sp³-hybridized carbons (Fsp3) is 0.276. The van der Waals surface area contributed by atoms with E-state index in [1.165, 1.54) is 17.0 Å². The molecular formula is C29H29F4N3O3S. The van der Waals surface area contributed by atoms with Gasteiger partial charge in [-0.3, -0.25) is 4.79 Å². The molecule has 0 saturated heterocycles. The number of amides is 1. The van der Waals surface area contributed by atoms with Crippen LogP contribution in [-0.4, -0.2) is 47.6 Å². The molecule has 0 bridgehead atoms. The lowest BCUT2D eigenvalue weighted by Gasteiger charge is -2.29. The maximum Gasteiger partial charge on any atom is 0.416 e. The van der Waals surface area contributed by atoms with Gasteiger partial charge in [0.2, 0.25) is 15.9 Å². The van der Waals surface area contributed by atoms with Gasteiger partial charge in [0.1, 0.15) is 5.82 Å². The van der Waals surface area contributed by atoms with Crippen LogP contribution in [0.3, 0.4) is 0 Å². The highest BCUT2D eigenvalue weighted by molar-refractivity contribution is 7.89. The van der Waals surface area contributed by atoms with Crippen molar-refractivity contribution >= 4 is 26.8 Å². The highest BCUT2D eigenvalue weighted by Crippen LogP contribution is 2.29. The summed E-state index contributed by atoms with van der Waals surface area (Å²) < 4.78 is 80.3. The smallest absolute Gasteiger partial charge is 0.361 e. The standard InChI is InChI=1S/C29H29F4N3O3S/c1-20(2)36(40(38,39)25-13-11-24(30)12-14-25)19-28(37)35(18-21-7-9-23(10-8-21)29(31,32)33)16-15-22-17-34-27-6-4-3-5-26(22)27/h3-14,17,20,34H,15-16,18-19H2,1-2H3. The Balaban J connectivity index is 1.60. The number of carbonyl (C=O) groups is 1. The molecular weight excluding hydrogens is 546 g/mol. The van der Waals surface area contributed by atoms with Crippen LogP contribution in [0, 0.1) is 5.82 Å². The van der Waals surface area contributed by atoms with Crippen molar-refractivity contribution < 1.29 is 30.8 Å². The fourth-order valence-electron chi connectivity index (χ4n) is 4.43. The Labute approximate surface area is 230 Å². The van der Waals surface area contributed by atoms with Crippen molar-refractivity contribution in [3.8, 4) is 0 Å². The van der Waals surface area contributed by atoms with Crippen molar-refractivity contribution in [2.75, 3.05) is 13.1 Å². The summed E-state index contributed by atoms with van der Waals surface area (Å²) in [6, 6.07) is 15.9. The van der Waals surface area contributed by atoms with Crippen LogP contribution in [0.25, 0.3) is 10.9 Å². The molecule has 1 aromatic heterocycles. The van der Waals surface area contributed by atoms with Gasteiger partial charge in [-0.05, 0) is 73.9 Å². The number of hydrogen-bond acceptors (Lipinski definition) is 3. The van der Waals surface area contributed by atoms with E-state index in [9.17, 15) is 30.8 Å². The summed E-state index contributed by atoms with van der Waals surface area (Å²) in [7, 11) is -4.14. The molecule has 0 aliphatic rings. The van der Waals surface area contributed by atoms with E-state index in [0.29, 0.717) is 12.0 Å². The molecule has 0 radical (unpaired) electrons. The Morgan fingerprint density at radius 3 is 2.23 bits per heavy atom. The molecule has 1 heterocycles. The summed E-state index contributed by atoms with van der Waals surface area (Å²) in [6.45, 7) is 2.94. The van der Waals surface area contributed by atoms with Crippen molar-refractivity contribution in [1.82, 2.24) is 14.2 Å². The maximum atomic E-state index is 13.6. The Kier molecular flexibility index (Phi) is 8.65. The first-order valence-electron chi connectivity index (χ1n) is 12.6. The van der Waals surface area contributed by atoms with Gasteiger partial charge in [-0.2, -0.15) is 17.5 Å². The third-order valence-corrected chi connectivity index (χ3v) is 8.66. The van der Waals surface area contributed by atoms with E-state index in [2.05, 4.69) is 4.98 Å². The van der Waals surface area contributed by atoms with Gasteiger partial charge < -0.3 is 9.88 Å². The Morgan fingerprint density at radius 2 is 1.60 bits per heavy atom. The van der Waals surface area contributed by atoms with E-state index in [1.54, 1.807) is 13.8 Å². The van der Waals surface area contributed by atoms with Gasteiger partial charge in [0.15, 0.2) is 0 Å². The molecule has 0 aliphatic carbocycles. The number of carbonyl (C=O) groups excluding carboxylic acids is 1. The van der Waals surface area contributed by atoms with Crippen LogP contribution < -0.4 is 0 Å². The molecule has 0 atom stereocenters. The zero-order valence-electron chi connectivity index (χ0n) is 22.0. The minimum Gasteiger partial charge on any atom is -0.361 e. The third kappa shape index (κ3) is 6.71. The molecule has 1 amide bonds. The lowest BCUT2D eigenvalue weighted by molar-refractivity contribution is -0.137. The van der Waals surface area contributed by atoms with Gasteiger partial charge in [-0.15, -0.1) is 0 Å². The number of halogens is 4. The first-order valence-corrected chi connectivity index (χ1v) is 14.1. The number of fused-ring (bicyclic) bond motifs is 1. The van der Waals surface area contributed by atoms with Crippen LogP contribution >= 0.6 is 0 Å². The SMILES string of the molecule is CC(C)N(CC(=O)N(CCc1c[nH]c2ccccc12)Cc1ccc(C(F)(F)F)cc1)S(=O)(=O)c1ccc(F)cc1. The lowest BCUT2D eigenvalue weighted by Crippen LogP contribution is -2.46. The number of H-pyrrole nitrogens is 1. The predicted molar refractivity (Wildman–Crippen MR) is 144 cm³/mol. The first kappa shape index (κ1) is 29.3. The van der Waals surface area contributed by atoms with Crippen LogP contribution in [0.4, 0.5) is 17.6 Å². The van der Waals surface area contributed by atoms with Crippen molar-refractivity contribution in [1.29, 1.82) is 0 Å². The first-order chi connectivity index (χ1) is 18.9. The van der Waals surface area contributed by atoms with E-state index in [4.69, 9.17) is 0 Å². The van der Waals surface area contributed by atoms with E-state index < -0.39 is 46.1 Å². The monoisotopic (exact) mass is 575 g/mol. The van der Waals surface area contributed by atoms with E-state index >= 15 is 0 Å². The van der Waals surface area contributed by atoms with Gasteiger partial charge in [0.25, 0.3) is 0 Å². The Hall–Kier alpha value is -3.70. The number of para-hydroxylation sites is 1. The molecule has 212 valence electrons. The molecule has 4 aromatic rings. The van der Waals surface area contributed by atoms with Crippen LogP contribution in [0.2, 0.25) is 0 Å². The molecule has 0 aliphatic heterocycles. The highest BCUT2D eigenvalue weighted by atomic mass is 32.2. The number of aromatic nitrogens is 1. The van der Waals surface area contributed by atoms with Crippen LogP contribution in [0.15, 0.2) is 83.9 Å². The summed E-state index contributed by atoms with van der Waals surface area (Å²) in [4.78, 5) is 18.1. The Bertz CT molecular complexity index is 1560.